The molecule has 0 aliphatic carbocycles. The Bertz CT molecular complexity index is 922. The van der Waals surface area contributed by atoms with Gasteiger partial charge in [0.05, 0.1) is 10.5 Å². The van der Waals surface area contributed by atoms with E-state index in [-0.39, 0.29) is 16.2 Å². The number of nitrogens with zero attached hydrogens (tertiary/aromatic N) is 1. The zero-order valence-corrected chi connectivity index (χ0v) is 14.3. The standard InChI is InChI=1S/C19H14N2O4S/c22-15-11-5-4-10-14(15)17(23)20-21-18(24)16(26-19(21)25)12-6-9-13-7-2-1-3-8-13/h1-12,22H,(H,20,23)/b9-6+,16-12-. The molecule has 26 heavy (non-hydrogen) atoms. The van der Waals surface area contributed by atoms with E-state index in [1.165, 1.54) is 18.2 Å². The van der Waals surface area contributed by atoms with Gasteiger partial charge in [0.2, 0.25) is 0 Å². The number of nitrogens with one attached hydrogen (secondary N) is 1. The van der Waals surface area contributed by atoms with Crippen LogP contribution in [0.25, 0.3) is 6.08 Å². The van der Waals surface area contributed by atoms with E-state index in [4.69, 9.17) is 0 Å². The molecule has 1 fully saturated rings. The minimum Gasteiger partial charge on any atom is -0.507 e. The number of imide groups is 1. The lowest BCUT2D eigenvalue weighted by atomic mass is 10.2. The Morgan fingerprint density at radius 2 is 1.73 bits per heavy atom. The van der Waals surface area contributed by atoms with Crippen LogP contribution in [0.4, 0.5) is 4.79 Å². The van der Waals surface area contributed by atoms with Crippen LogP contribution in [0.2, 0.25) is 0 Å². The maximum atomic E-state index is 12.3. The van der Waals surface area contributed by atoms with Crippen LogP contribution >= 0.6 is 11.8 Å². The summed E-state index contributed by atoms with van der Waals surface area (Å²) in [6.45, 7) is 0. The molecule has 0 bridgehead atoms. The highest BCUT2D eigenvalue weighted by Gasteiger charge is 2.36. The smallest absolute Gasteiger partial charge is 0.312 e. The summed E-state index contributed by atoms with van der Waals surface area (Å²) in [6, 6.07) is 15.4. The van der Waals surface area contributed by atoms with E-state index in [0.29, 0.717) is 5.01 Å². The maximum Gasteiger partial charge on any atom is 0.312 e. The molecule has 0 radical (unpaired) electrons. The topological polar surface area (TPSA) is 86.7 Å². The summed E-state index contributed by atoms with van der Waals surface area (Å²) in [5.74, 6) is -1.61. The highest BCUT2D eigenvalue weighted by atomic mass is 32.2. The first-order valence-corrected chi connectivity index (χ1v) is 8.46. The normalized spacial score (nSPS) is 15.8. The average molecular weight is 366 g/mol. The van der Waals surface area contributed by atoms with Gasteiger partial charge in [0.25, 0.3) is 11.8 Å². The van der Waals surface area contributed by atoms with Gasteiger partial charge >= 0.3 is 5.24 Å². The Balaban J connectivity index is 1.71. The van der Waals surface area contributed by atoms with E-state index >= 15 is 0 Å². The summed E-state index contributed by atoms with van der Waals surface area (Å²) in [7, 11) is 0. The first-order chi connectivity index (χ1) is 12.6. The third-order valence-corrected chi connectivity index (χ3v) is 4.38. The van der Waals surface area contributed by atoms with Crippen molar-refractivity contribution in [2.45, 2.75) is 0 Å². The summed E-state index contributed by atoms with van der Waals surface area (Å²) in [5, 5.41) is 9.72. The van der Waals surface area contributed by atoms with E-state index in [0.717, 1.165) is 17.3 Å². The number of hydrogen-bond acceptors (Lipinski definition) is 5. The molecular weight excluding hydrogens is 352 g/mol. The molecule has 7 heteroatoms. The summed E-state index contributed by atoms with van der Waals surface area (Å²) in [4.78, 5) is 36.7. The maximum absolute atomic E-state index is 12.3. The fourth-order valence-electron chi connectivity index (χ4n) is 2.22. The lowest BCUT2D eigenvalue weighted by molar-refractivity contribution is -0.124. The summed E-state index contributed by atoms with van der Waals surface area (Å²) in [5.41, 5.74) is 3.15. The lowest BCUT2D eigenvalue weighted by Gasteiger charge is -2.14. The monoisotopic (exact) mass is 366 g/mol. The third-order valence-electron chi connectivity index (χ3n) is 3.49. The number of thioether (sulfide) groups is 1. The van der Waals surface area contributed by atoms with Crippen LogP contribution in [0, 0.1) is 0 Å². The molecule has 1 heterocycles. The second-order valence-electron chi connectivity index (χ2n) is 5.27. The number of hydrogen-bond donors (Lipinski definition) is 2. The molecule has 130 valence electrons. The molecule has 0 spiro atoms. The van der Waals surface area contributed by atoms with Gasteiger partial charge in [-0.15, -0.1) is 0 Å². The van der Waals surface area contributed by atoms with Crippen molar-refractivity contribution in [3.05, 3.63) is 82.8 Å². The highest BCUT2D eigenvalue weighted by molar-refractivity contribution is 8.18. The molecule has 2 aromatic carbocycles. The van der Waals surface area contributed by atoms with Crippen molar-refractivity contribution in [3.63, 3.8) is 0 Å². The number of carbonyl (C=O) groups is 3. The van der Waals surface area contributed by atoms with E-state index < -0.39 is 17.1 Å². The lowest BCUT2D eigenvalue weighted by Crippen LogP contribution is -2.44. The van der Waals surface area contributed by atoms with Crippen LogP contribution in [0.1, 0.15) is 15.9 Å². The van der Waals surface area contributed by atoms with Gasteiger partial charge in [-0.2, -0.15) is 5.01 Å². The quantitative estimate of drug-likeness (QED) is 0.811. The fourth-order valence-corrected chi connectivity index (χ4v) is 2.95. The predicted octanol–water partition coefficient (Wildman–Crippen LogP) is 3.33. The SMILES string of the molecule is O=C(NN1C(=O)S/C(=C\C=C\c2ccccc2)C1=O)c1ccccc1O. The van der Waals surface area contributed by atoms with Crippen molar-refractivity contribution < 1.29 is 19.5 Å². The van der Waals surface area contributed by atoms with Crippen molar-refractivity contribution >= 4 is 34.9 Å². The molecule has 0 atom stereocenters. The van der Waals surface area contributed by atoms with Crippen LogP contribution in [0.5, 0.6) is 5.75 Å². The zero-order chi connectivity index (χ0) is 18.5. The van der Waals surface area contributed by atoms with Gasteiger partial charge in [-0.1, -0.05) is 54.6 Å². The average Bonchev–Trinajstić information content (AvgIpc) is 2.90. The Labute approximate surface area is 153 Å². The van der Waals surface area contributed by atoms with Gasteiger partial charge in [0.15, 0.2) is 0 Å². The molecule has 3 rings (SSSR count). The molecule has 2 N–H and O–H groups in total. The first kappa shape index (κ1) is 17.5. The fraction of sp³-hybridized carbons (Fsp3) is 0. The van der Waals surface area contributed by atoms with Crippen molar-refractivity contribution in [3.8, 4) is 5.75 Å². The van der Waals surface area contributed by atoms with Crippen LogP contribution in [0.15, 0.2) is 71.7 Å². The second kappa shape index (κ2) is 7.71. The summed E-state index contributed by atoms with van der Waals surface area (Å²) in [6.07, 6.45) is 4.98. The van der Waals surface area contributed by atoms with Gasteiger partial charge < -0.3 is 5.11 Å². The minimum atomic E-state index is -0.744. The number of amides is 3. The van der Waals surface area contributed by atoms with Gasteiger partial charge in [0.1, 0.15) is 5.75 Å². The Morgan fingerprint density at radius 1 is 1.04 bits per heavy atom. The van der Waals surface area contributed by atoms with Gasteiger partial charge in [0, 0.05) is 0 Å². The largest absolute Gasteiger partial charge is 0.507 e. The zero-order valence-electron chi connectivity index (χ0n) is 13.5. The van der Waals surface area contributed by atoms with Gasteiger partial charge in [-0.25, -0.2) is 0 Å². The Morgan fingerprint density at radius 3 is 2.46 bits per heavy atom. The van der Waals surface area contributed by atoms with Crippen LogP contribution in [-0.2, 0) is 4.79 Å². The van der Waals surface area contributed by atoms with Gasteiger partial charge in [-0.3, -0.25) is 19.8 Å². The summed E-state index contributed by atoms with van der Waals surface area (Å²) >= 11 is 0.728. The van der Waals surface area contributed by atoms with E-state index in [9.17, 15) is 19.5 Å². The third kappa shape index (κ3) is 3.84. The molecule has 1 aliphatic heterocycles. The number of carbonyl (C=O) groups excluding carboxylic acids is 3. The highest BCUT2D eigenvalue weighted by Crippen LogP contribution is 2.29. The predicted molar refractivity (Wildman–Crippen MR) is 99.0 cm³/mol. The molecule has 0 saturated carbocycles. The Kier molecular flexibility index (Phi) is 5.19. The molecule has 1 aliphatic rings. The number of allylic oxidation sites excluding steroid dienone is 2. The molecule has 6 nitrogen and oxygen atoms in total. The number of benzene rings is 2. The van der Waals surface area contributed by atoms with Gasteiger partial charge in [-0.05, 0) is 35.5 Å². The number of phenolic OH excluding ortho intramolecular Hbond substituents is 1. The van der Waals surface area contributed by atoms with Crippen molar-refractivity contribution in [1.82, 2.24) is 10.4 Å². The first-order valence-electron chi connectivity index (χ1n) is 7.65. The molecule has 3 amide bonds. The Hall–Kier alpha value is -3.32. The minimum absolute atomic E-state index is 0.0282. The molecule has 1 saturated heterocycles. The van der Waals surface area contributed by atoms with Crippen LogP contribution < -0.4 is 5.43 Å². The summed E-state index contributed by atoms with van der Waals surface area (Å²) < 4.78 is 0. The number of hydrazine groups is 1. The van der Waals surface area contributed by atoms with E-state index in [2.05, 4.69) is 5.43 Å². The number of para-hydroxylation sites is 1. The molecule has 0 unspecified atom stereocenters. The second-order valence-corrected chi connectivity index (χ2v) is 6.26. The number of phenols is 1. The number of aromatic hydroxyl groups is 1. The van der Waals surface area contributed by atoms with Crippen molar-refractivity contribution in [2.75, 3.05) is 0 Å². The molecule has 0 aromatic heterocycles. The van der Waals surface area contributed by atoms with E-state index in [1.807, 2.05) is 30.3 Å². The number of rotatable bonds is 4. The van der Waals surface area contributed by atoms with Crippen LogP contribution in [0.3, 0.4) is 0 Å². The van der Waals surface area contributed by atoms with Crippen molar-refractivity contribution in [1.29, 1.82) is 0 Å². The van der Waals surface area contributed by atoms with Crippen molar-refractivity contribution in [2.24, 2.45) is 0 Å². The molecule has 2 aromatic rings. The molecular formula is C19H14N2O4S. The van der Waals surface area contributed by atoms with E-state index in [1.54, 1.807) is 24.3 Å². The van der Waals surface area contributed by atoms with Crippen LogP contribution in [-0.4, -0.2) is 27.2 Å².